The molecule has 0 saturated carbocycles. The molecule has 0 aliphatic heterocycles. The van der Waals surface area contributed by atoms with Gasteiger partial charge in [-0.25, -0.2) is 9.13 Å². The van der Waals surface area contributed by atoms with Crippen LogP contribution in [0.4, 0.5) is 0 Å². The Labute approximate surface area is 158 Å². The Morgan fingerprint density at radius 2 is 0.923 bits per heavy atom. The van der Waals surface area contributed by atoms with E-state index in [9.17, 15) is 9.13 Å². The fourth-order valence-electron chi connectivity index (χ4n) is 1.80. The molecule has 0 aliphatic rings. The van der Waals surface area contributed by atoms with E-state index in [-0.39, 0.29) is 31.0 Å². The second-order valence-corrected chi connectivity index (χ2v) is 10.2. The maximum absolute atomic E-state index is 12.7. The number of rotatable bonds is 14. The summed E-state index contributed by atoms with van der Waals surface area (Å²) in [5, 5.41) is 0. The van der Waals surface area contributed by atoms with Gasteiger partial charge >= 0.3 is 15.6 Å². The molecule has 0 aliphatic carbocycles. The van der Waals surface area contributed by atoms with Crippen LogP contribution >= 0.6 is 15.6 Å². The van der Waals surface area contributed by atoms with Crippen LogP contribution < -0.4 is 0 Å². The van der Waals surface area contributed by atoms with E-state index in [0.29, 0.717) is 6.42 Å². The van der Waals surface area contributed by atoms with Crippen molar-refractivity contribution in [2.24, 2.45) is 0 Å². The quantitative estimate of drug-likeness (QED) is 0.331. The first-order valence-corrected chi connectivity index (χ1v) is 12.0. The summed E-state index contributed by atoms with van der Waals surface area (Å²) in [5.41, 5.74) is 0. The summed E-state index contributed by atoms with van der Waals surface area (Å²) in [4.78, 5) is 0. The van der Waals surface area contributed by atoms with Crippen molar-refractivity contribution < 1.29 is 36.3 Å². The first kappa shape index (κ1) is 26.2. The van der Waals surface area contributed by atoms with Crippen molar-refractivity contribution in [1.29, 1.82) is 0 Å². The molecule has 10 heteroatoms. The summed E-state index contributed by atoms with van der Waals surface area (Å²) < 4.78 is 57.4. The van der Waals surface area contributed by atoms with E-state index in [1.807, 2.05) is 0 Å². The molecule has 8 nitrogen and oxygen atoms in total. The first-order valence-electron chi connectivity index (χ1n) is 9.03. The summed E-state index contributed by atoms with van der Waals surface area (Å²) in [6.45, 7) is 15.7. The van der Waals surface area contributed by atoms with Gasteiger partial charge in [-0.15, -0.1) is 0 Å². The van der Waals surface area contributed by atoms with Gasteiger partial charge in [0.2, 0.25) is 0 Å². The van der Waals surface area contributed by atoms with E-state index in [2.05, 4.69) is 0 Å². The van der Waals surface area contributed by atoms with Gasteiger partial charge in [-0.05, 0) is 68.7 Å². The normalized spacial score (nSPS) is 14.8. The summed E-state index contributed by atoms with van der Waals surface area (Å²) in [6.07, 6.45) is -1.46. The maximum Gasteiger partial charge on any atom is 0.475 e. The Bertz CT molecular complexity index is 451. The molecule has 0 aromatic heterocycles. The SMILES string of the molecule is CC(C)OP(=O)(OCC[C@H](C)OP(=O)(OC(C)C)OC(C)C)OC(C)C. The van der Waals surface area contributed by atoms with Crippen molar-refractivity contribution in [2.45, 2.75) is 99.3 Å². The smallest absolute Gasteiger partial charge is 0.287 e. The minimum Gasteiger partial charge on any atom is -0.287 e. The van der Waals surface area contributed by atoms with Crippen LogP contribution in [0, 0.1) is 0 Å². The summed E-state index contributed by atoms with van der Waals surface area (Å²) in [7, 11) is -7.37. The summed E-state index contributed by atoms with van der Waals surface area (Å²) >= 11 is 0. The Hall–Kier alpha value is 0.220. The average Bonchev–Trinajstić information content (AvgIpc) is 2.32. The van der Waals surface area contributed by atoms with Crippen molar-refractivity contribution in [1.82, 2.24) is 0 Å². The molecule has 0 aromatic rings. The van der Waals surface area contributed by atoms with Gasteiger partial charge in [-0.2, -0.15) is 0 Å². The third-order valence-corrected chi connectivity index (χ3v) is 6.28. The molecule has 26 heavy (non-hydrogen) atoms. The lowest BCUT2D eigenvalue weighted by atomic mass is 10.3. The molecule has 0 N–H and O–H groups in total. The summed E-state index contributed by atoms with van der Waals surface area (Å²) in [5.74, 6) is 0. The Morgan fingerprint density at radius 3 is 1.27 bits per heavy atom. The molecule has 0 rings (SSSR count). The van der Waals surface area contributed by atoms with Crippen molar-refractivity contribution in [3.8, 4) is 0 Å². The van der Waals surface area contributed by atoms with E-state index in [4.69, 9.17) is 27.1 Å². The zero-order chi connectivity index (χ0) is 20.5. The van der Waals surface area contributed by atoms with Crippen LogP contribution in [0.2, 0.25) is 0 Å². The second kappa shape index (κ2) is 11.9. The van der Waals surface area contributed by atoms with Gasteiger partial charge < -0.3 is 0 Å². The minimum absolute atomic E-state index is 0.0429. The average molecular weight is 418 g/mol. The monoisotopic (exact) mass is 418 g/mol. The highest BCUT2D eigenvalue weighted by Gasteiger charge is 2.33. The molecule has 0 bridgehead atoms. The molecule has 0 radical (unpaired) electrons. The molecule has 158 valence electrons. The lowest BCUT2D eigenvalue weighted by molar-refractivity contribution is 0.0384. The van der Waals surface area contributed by atoms with Crippen LogP contribution in [0.15, 0.2) is 0 Å². The van der Waals surface area contributed by atoms with Crippen molar-refractivity contribution in [2.75, 3.05) is 6.61 Å². The second-order valence-electron chi connectivity index (χ2n) is 7.05. The predicted molar refractivity (Wildman–Crippen MR) is 101 cm³/mol. The number of phosphoric acid groups is 2. The van der Waals surface area contributed by atoms with Crippen LogP contribution in [-0.2, 0) is 36.3 Å². The van der Waals surface area contributed by atoms with Gasteiger partial charge in [0.25, 0.3) is 0 Å². The maximum atomic E-state index is 12.7. The van der Waals surface area contributed by atoms with Gasteiger partial charge in [-0.1, -0.05) is 0 Å². The standard InChI is InChI=1S/C16H36O8P2/c1-12(2)20-25(17,21-13(3)4)19-11-10-16(9)24-26(18,22-14(5)6)23-15(7)8/h12-16H,10-11H2,1-9H3/t16-/m0/s1. The molecule has 1 atom stereocenters. The van der Waals surface area contributed by atoms with Gasteiger partial charge in [0, 0.05) is 0 Å². The van der Waals surface area contributed by atoms with Crippen molar-refractivity contribution in [3.05, 3.63) is 0 Å². The number of hydrogen-bond acceptors (Lipinski definition) is 8. The van der Waals surface area contributed by atoms with E-state index in [1.165, 1.54) is 0 Å². The van der Waals surface area contributed by atoms with Crippen LogP contribution in [0.5, 0.6) is 0 Å². The molecular weight excluding hydrogens is 382 g/mol. The van der Waals surface area contributed by atoms with Gasteiger partial charge in [0.15, 0.2) is 0 Å². The lowest BCUT2D eigenvalue weighted by Gasteiger charge is -2.25. The lowest BCUT2D eigenvalue weighted by Crippen LogP contribution is -2.17. The topological polar surface area (TPSA) is 89.5 Å². The fraction of sp³-hybridized carbons (Fsp3) is 1.00. The van der Waals surface area contributed by atoms with Crippen LogP contribution in [-0.4, -0.2) is 37.1 Å². The zero-order valence-corrected chi connectivity index (χ0v) is 19.3. The minimum atomic E-state index is -3.70. The third-order valence-electron chi connectivity index (χ3n) is 2.44. The van der Waals surface area contributed by atoms with Gasteiger partial charge in [0.1, 0.15) is 0 Å². The third kappa shape index (κ3) is 12.6. The van der Waals surface area contributed by atoms with Crippen molar-refractivity contribution >= 4 is 15.6 Å². The predicted octanol–water partition coefficient (Wildman–Crippen LogP) is 5.71. The zero-order valence-electron chi connectivity index (χ0n) is 17.5. The van der Waals surface area contributed by atoms with E-state index in [1.54, 1.807) is 62.3 Å². The van der Waals surface area contributed by atoms with E-state index >= 15 is 0 Å². The van der Waals surface area contributed by atoms with E-state index < -0.39 is 21.7 Å². The molecule has 0 fully saturated rings. The molecular formula is C16H36O8P2. The summed E-state index contributed by atoms with van der Waals surface area (Å²) in [6, 6.07) is 0. The molecule has 0 saturated heterocycles. The Kier molecular flexibility index (Phi) is 12.0. The number of hydrogen-bond donors (Lipinski definition) is 0. The van der Waals surface area contributed by atoms with Gasteiger partial charge in [0.05, 0.1) is 37.1 Å². The molecule has 0 heterocycles. The van der Waals surface area contributed by atoms with Crippen LogP contribution in [0.3, 0.4) is 0 Å². The molecule has 0 spiro atoms. The molecule has 0 unspecified atom stereocenters. The highest BCUT2D eigenvalue weighted by atomic mass is 31.2. The highest BCUT2D eigenvalue weighted by Crippen LogP contribution is 2.54. The highest BCUT2D eigenvalue weighted by molar-refractivity contribution is 7.48. The largest absolute Gasteiger partial charge is 0.475 e. The molecule has 0 amide bonds. The Balaban J connectivity index is 4.71. The first-order chi connectivity index (χ1) is 11.8. The fourth-order valence-corrected chi connectivity index (χ4v) is 5.06. The number of phosphoric ester groups is 2. The van der Waals surface area contributed by atoms with Crippen LogP contribution in [0.25, 0.3) is 0 Å². The van der Waals surface area contributed by atoms with Gasteiger partial charge in [-0.3, -0.25) is 27.1 Å². The van der Waals surface area contributed by atoms with E-state index in [0.717, 1.165) is 0 Å². The van der Waals surface area contributed by atoms with Crippen LogP contribution in [0.1, 0.15) is 68.7 Å². The van der Waals surface area contributed by atoms with Crippen molar-refractivity contribution in [3.63, 3.8) is 0 Å². The molecule has 0 aromatic carbocycles. The Morgan fingerprint density at radius 1 is 0.577 bits per heavy atom.